The fraction of sp³-hybridized carbons (Fsp3) is 0.257. The summed E-state index contributed by atoms with van der Waals surface area (Å²) in [4.78, 5) is 29.4. The summed E-state index contributed by atoms with van der Waals surface area (Å²) < 4.78 is 49.3. The van der Waals surface area contributed by atoms with E-state index >= 15 is 4.39 Å². The lowest BCUT2D eigenvalue weighted by Crippen LogP contribution is -2.53. The van der Waals surface area contributed by atoms with Crippen molar-refractivity contribution in [2.75, 3.05) is 24.5 Å². The SMILES string of the molecule is COc1ccc(S(=O)(=O)N(CC(=O)N(Cc2ccccc2F)[C@@H](Cc2ccccc2)C(=O)NCC(C)C)c2ccccc2)cc1. The molecule has 0 heterocycles. The first-order chi connectivity index (χ1) is 21.6. The van der Waals surface area contributed by atoms with Gasteiger partial charge in [0, 0.05) is 25.1 Å². The smallest absolute Gasteiger partial charge is 0.264 e. The number of nitrogens with one attached hydrogen (secondary N) is 1. The Balaban J connectivity index is 1.78. The van der Waals surface area contributed by atoms with E-state index < -0.39 is 40.2 Å². The van der Waals surface area contributed by atoms with Crippen LogP contribution < -0.4 is 14.4 Å². The maximum absolute atomic E-state index is 15.0. The molecule has 0 spiro atoms. The second-order valence-corrected chi connectivity index (χ2v) is 12.8. The zero-order valence-corrected chi connectivity index (χ0v) is 26.4. The molecule has 4 aromatic rings. The third-order valence-electron chi connectivity index (χ3n) is 7.22. The van der Waals surface area contributed by atoms with Crippen molar-refractivity contribution in [1.82, 2.24) is 10.2 Å². The highest BCUT2D eigenvalue weighted by molar-refractivity contribution is 7.92. The lowest BCUT2D eigenvalue weighted by Gasteiger charge is -2.34. The first kappa shape index (κ1) is 33.2. The minimum atomic E-state index is -4.26. The maximum atomic E-state index is 15.0. The molecule has 0 radical (unpaired) electrons. The normalized spacial score (nSPS) is 11.9. The lowest BCUT2D eigenvalue weighted by molar-refractivity contribution is -0.140. The van der Waals surface area contributed by atoms with E-state index in [1.807, 2.05) is 44.2 Å². The van der Waals surface area contributed by atoms with Crippen molar-refractivity contribution in [3.05, 3.63) is 126 Å². The number of para-hydroxylation sites is 1. The number of anilines is 1. The Morgan fingerprint density at radius 3 is 2.04 bits per heavy atom. The van der Waals surface area contributed by atoms with E-state index in [1.54, 1.807) is 48.5 Å². The summed E-state index contributed by atoms with van der Waals surface area (Å²) in [6, 6.07) is 28.3. The molecule has 0 aliphatic rings. The summed E-state index contributed by atoms with van der Waals surface area (Å²) in [5, 5.41) is 2.92. The van der Waals surface area contributed by atoms with E-state index in [9.17, 15) is 18.0 Å². The first-order valence-corrected chi connectivity index (χ1v) is 16.1. The summed E-state index contributed by atoms with van der Waals surface area (Å²) in [5.74, 6) is -1.00. The van der Waals surface area contributed by atoms with Crippen LogP contribution in [0, 0.1) is 11.7 Å². The van der Waals surface area contributed by atoms with Gasteiger partial charge in [0.25, 0.3) is 10.0 Å². The van der Waals surface area contributed by atoms with Gasteiger partial charge in [0.05, 0.1) is 17.7 Å². The van der Waals surface area contributed by atoms with Crippen molar-refractivity contribution in [2.24, 2.45) is 5.92 Å². The highest BCUT2D eigenvalue weighted by Crippen LogP contribution is 2.26. The van der Waals surface area contributed by atoms with Gasteiger partial charge in [0.15, 0.2) is 0 Å². The summed E-state index contributed by atoms with van der Waals surface area (Å²) in [7, 11) is -2.78. The van der Waals surface area contributed by atoms with Crippen LogP contribution in [0.1, 0.15) is 25.0 Å². The number of amides is 2. The van der Waals surface area contributed by atoms with Gasteiger partial charge in [0.1, 0.15) is 24.2 Å². The molecule has 236 valence electrons. The van der Waals surface area contributed by atoms with E-state index in [0.29, 0.717) is 12.3 Å². The molecule has 2 amide bonds. The maximum Gasteiger partial charge on any atom is 0.264 e. The van der Waals surface area contributed by atoms with Gasteiger partial charge in [-0.15, -0.1) is 0 Å². The molecule has 0 bridgehead atoms. The van der Waals surface area contributed by atoms with E-state index in [4.69, 9.17) is 4.74 Å². The molecule has 0 unspecified atom stereocenters. The van der Waals surface area contributed by atoms with Gasteiger partial charge in [-0.05, 0) is 53.9 Å². The molecule has 0 aromatic heterocycles. The number of nitrogens with zero attached hydrogens (tertiary/aromatic N) is 2. The van der Waals surface area contributed by atoms with Crippen molar-refractivity contribution < 1.29 is 27.1 Å². The van der Waals surface area contributed by atoms with Crippen molar-refractivity contribution in [3.8, 4) is 5.75 Å². The number of hydrogen-bond acceptors (Lipinski definition) is 5. The zero-order valence-electron chi connectivity index (χ0n) is 25.6. The third-order valence-corrected chi connectivity index (χ3v) is 9.01. The number of sulfonamides is 1. The molecule has 1 atom stereocenters. The van der Waals surface area contributed by atoms with Crippen LogP contribution in [0.25, 0.3) is 0 Å². The lowest BCUT2D eigenvalue weighted by atomic mass is 10.0. The van der Waals surface area contributed by atoms with Crippen LogP contribution in [0.3, 0.4) is 0 Å². The van der Waals surface area contributed by atoms with Crippen LogP contribution in [-0.2, 0) is 32.6 Å². The second-order valence-electron chi connectivity index (χ2n) is 11.0. The van der Waals surface area contributed by atoms with Crippen molar-refractivity contribution >= 4 is 27.5 Å². The van der Waals surface area contributed by atoms with E-state index in [1.165, 1.54) is 42.3 Å². The Morgan fingerprint density at radius 1 is 0.844 bits per heavy atom. The van der Waals surface area contributed by atoms with Crippen molar-refractivity contribution in [3.63, 3.8) is 0 Å². The molecular weight excluding hydrogens is 593 g/mol. The third kappa shape index (κ3) is 8.69. The monoisotopic (exact) mass is 631 g/mol. The summed E-state index contributed by atoms with van der Waals surface area (Å²) >= 11 is 0. The van der Waals surface area contributed by atoms with Gasteiger partial charge in [-0.1, -0.05) is 80.6 Å². The Morgan fingerprint density at radius 2 is 1.44 bits per heavy atom. The predicted octanol–water partition coefficient (Wildman–Crippen LogP) is 5.44. The average molecular weight is 632 g/mol. The molecule has 0 saturated carbocycles. The van der Waals surface area contributed by atoms with Gasteiger partial charge in [-0.3, -0.25) is 13.9 Å². The largest absolute Gasteiger partial charge is 0.497 e. The van der Waals surface area contributed by atoms with Gasteiger partial charge in [-0.2, -0.15) is 0 Å². The number of methoxy groups -OCH3 is 1. The molecule has 0 aliphatic carbocycles. The number of carbonyl (C=O) groups excluding carboxylic acids is 2. The van der Waals surface area contributed by atoms with Gasteiger partial charge in [0.2, 0.25) is 11.8 Å². The fourth-order valence-electron chi connectivity index (χ4n) is 4.78. The van der Waals surface area contributed by atoms with Crippen LogP contribution >= 0.6 is 0 Å². The summed E-state index contributed by atoms with van der Waals surface area (Å²) in [6.07, 6.45) is 0.140. The molecular formula is C35H38FN3O5S. The Labute approximate surface area is 264 Å². The molecule has 0 saturated heterocycles. The number of hydrogen-bond donors (Lipinski definition) is 1. The van der Waals surface area contributed by atoms with Gasteiger partial charge < -0.3 is 15.0 Å². The van der Waals surface area contributed by atoms with Crippen LogP contribution in [-0.4, -0.2) is 51.4 Å². The first-order valence-electron chi connectivity index (χ1n) is 14.7. The fourth-order valence-corrected chi connectivity index (χ4v) is 6.20. The van der Waals surface area contributed by atoms with Crippen molar-refractivity contribution in [1.29, 1.82) is 0 Å². The molecule has 0 aliphatic heterocycles. The Kier molecular flexibility index (Phi) is 11.3. The number of benzene rings is 4. The predicted molar refractivity (Wildman–Crippen MR) is 173 cm³/mol. The minimum Gasteiger partial charge on any atom is -0.497 e. The van der Waals surface area contributed by atoms with Crippen LogP contribution in [0.2, 0.25) is 0 Å². The Hall–Kier alpha value is -4.70. The molecule has 8 nitrogen and oxygen atoms in total. The highest BCUT2D eigenvalue weighted by atomic mass is 32.2. The molecule has 0 fully saturated rings. The van der Waals surface area contributed by atoms with E-state index in [2.05, 4.69) is 5.32 Å². The minimum absolute atomic E-state index is 0.0453. The number of ether oxygens (including phenoxy) is 1. The second kappa shape index (κ2) is 15.3. The highest BCUT2D eigenvalue weighted by Gasteiger charge is 2.35. The zero-order chi connectivity index (χ0) is 32.4. The topological polar surface area (TPSA) is 96.0 Å². The number of carbonyl (C=O) groups is 2. The standard InChI is InChI=1S/C35H38FN3O5S/c1-26(2)23-37-35(41)33(22-27-12-6-4-7-13-27)38(24-28-14-10-11-17-32(28)36)34(40)25-39(29-15-8-5-9-16-29)45(42,43)31-20-18-30(44-3)19-21-31/h4-21,26,33H,22-25H2,1-3H3,(H,37,41)/t33-/m0/s1. The summed E-state index contributed by atoms with van der Waals surface area (Å²) in [5.41, 5.74) is 1.25. The molecule has 4 rings (SSSR count). The molecule has 10 heteroatoms. The Bertz CT molecular complexity index is 1670. The summed E-state index contributed by atoms with van der Waals surface area (Å²) in [6.45, 7) is 3.40. The van der Waals surface area contributed by atoms with Gasteiger partial charge in [-0.25, -0.2) is 12.8 Å². The quantitative estimate of drug-likeness (QED) is 0.200. The number of rotatable bonds is 14. The van der Waals surface area contributed by atoms with Crippen LogP contribution in [0.5, 0.6) is 5.75 Å². The molecule has 4 aromatic carbocycles. The number of halogens is 1. The van der Waals surface area contributed by atoms with Gasteiger partial charge >= 0.3 is 0 Å². The van der Waals surface area contributed by atoms with Crippen molar-refractivity contribution in [2.45, 2.75) is 37.8 Å². The van der Waals surface area contributed by atoms with E-state index in [0.717, 1.165) is 9.87 Å². The molecule has 1 N–H and O–H groups in total. The van der Waals surface area contributed by atoms with Crippen LogP contribution in [0.4, 0.5) is 10.1 Å². The average Bonchev–Trinajstić information content (AvgIpc) is 3.05. The van der Waals surface area contributed by atoms with E-state index in [-0.39, 0.29) is 35.0 Å². The van der Waals surface area contributed by atoms with Crippen LogP contribution in [0.15, 0.2) is 114 Å². The molecule has 45 heavy (non-hydrogen) atoms.